The highest BCUT2D eigenvalue weighted by molar-refractivity contribution is 7.89. The number of aromatic nitrogens is 3. The second-order valence-electron chi connectivity index (χ2n) is 5.42. The van der Waals surface area contributed by atoms with Gasteiger partial charge in [-0.15, -0.1) is 5.10 Å². The molecule has 10 heteroatoms. The second kappa shape index (κ2) is 6.54. The van der Waals surface area contributed by atoms with Crippen molar-refractivity contribution in [1.29, 1.82) is 0 Å². The summed E-state index contributed by atoms with van der Waals surface area (Å²) in [6, 6.07) is 7.22. The fraction of sp³-hybridized carbons (Fsp3) is 0.429. The Kier molecular flexibility index (Phi) is 4.61. The zero-order valence-electron chi connectivity index (χ0n) is 12.6. The highest BCUT2D eigenvalue weighted by atomic mass is 32.2. The van der Waals surface area contributed by atoms with Crippen LogP contribution in [0.5, 0.6) is 0 Å². The highest BCUT2D eigenvalue weighted by Gasteiger charge is 2.43. The SMILES string of the molecule is O=S(=O)(NC1CCOCCC1(F)F)c1cn(-c2ccccc2)nn1. The first-order valence-electron chi connectivity index (χ1n) is 7.34. The van der Waals surface area contributed by atoms with E-state index in [1.54, 1.807) is 30.3 Å². The number of sulfonamides is 1. The van der Waals surface area contributed by atoms with Gasteiger partial charge in [0, 0.05) is 13.0 Å². The molecule has 1 atom stereocenters. The maximum absolute atomic E-state index is 14.0. The average molecular weight is 358 g/mol. The van der Waals surface area contributed by atoms with Crippen LogP contribution >= 0.6 is 0 Å². The molecule has 130 valence electrons. The summed E-state index contributed by atoms with van der Waals surface area (Å²) in [4.78, 5) is 0. The fourth-order valence-corrected chi connectivity index (χ4v) is 3.54. The maximum Gasteiger partial charge on any atom is 0.266 e. The number of alkyl halides is 2. The highest BCUT2D eigenvalue weighted by Crippen LogP contribution is 2.28. The summed E-state index contributed by atoms with van der Waals surface area (Å²) in [5, 5.41) is 6.91. The van der Waals surface area contributed by atoms with Crippen LogP contribution in [-0.4, -0.2) is 48.6 Å². The molecular formula is C14H16F2N4O3S. The van der Waals surface area contributed by atoms with Crippen LogP contribution < -0.4 is 4.72 Å². The fourth-order valence-electron chi connectivity index (χ4n) is 2.37. The number of hydrogen-bond acceptors (Lipinski definition) is 5. The predicted octanol–water partition coefficient (Wildman–Crippen LogP) is 1.36. The Morgan fingerprint density at radius 1 is 1.25 bits per heavy atom. The van der Waals surface area contributed by atoms with E-state index >= 15 is 0 Å². The van der Waals surface area contributed by atoms with Crippen molar-refractivity contribution in [2.45, 2.75) is 29.8 Å². The molecular weight excluding hydrogens is 342 g/mol. The lowest BCUT2D eigenvalue weighted by molar-refractivity contribution is -0.0377. The van der Waals surface area contributed by atoms with Crippen LogP contribution in [0.25, 0.3) is 5.69 Å². The van der Waals surface area contributed by atoms with E-state index in [9.17, 15) is 17.2 Å². The van der Waals surface area contributed by atoms with Gasteiger partial charge in [0.25, 0.3) is 15.9 Å². The smallest absolute Gasteiger partial charge is 0.266 e. The minimum Gasteiger partial charge on any atom is -0.381 e. The third-order valence-corrected chi connectivity index (χ3v) is 5.04. The number of nitrogens with zero attached hydrogens (tertiary/aromatic N) is 3. The number of nitrogens with one attached hydrogen (secondary N) is 1. The number of hydrogen-bond donors (Lipinski definition) is 1. The molecule has 0 aliphatic carbocycles. The zero-order chi connectivity index (χ0) is 17.2. The molecule has 2 aromatic rings. The molecule has 0 bridgehead atoms. The first-order valence-corrected chi connectivity index (χ1v) is 8.82. The third kappa shape index (κ3) is 3.60. The Morgan fingerprint density at radius 3 is 2.75 bits per heavy atom. The lowest BCUT2D eigenvalue weighted by Gasteiger charge is -2.24. The molecule has 0 radical (unpaired) electrons. The monoisotopic (exact) mass is 358 g/mol. The lowest BCUT2D eigenvalue weighted by Crippen LogP contribution is -2.47. The maximum atomic E-state index is 14.0. The molecule has 1 aromatic carbocycles. The quantitative estimate of drug-likeness (QED) is 0.892. The van der Waals surface area contributed by atoms with Crippen molar-refractivity contribution < 1.29 is 21.9 Å². The van der Waals surface area contributed by atoms with Crippen molar-refractivity contribution >= 4 is 10.0 Å². The van der Waals surface area contributed by atoms with E-state index in [0.717, 1.165) is 0 Å². The van der Waals surface area contributed by atoms with Gasteiger partial charge in [0.15, 0.2) is 0 Å². The van der Waals surface area contributed by atoms with Gasteiger partial charge in [-0.05, 0) is 18.6 Å². The van der Waals surface area contributed by atoms with Gasteiger partial charge >= 0.3 is 0 Å². The summed E-state index contributed by atoms with van der Waals surface area (Å²) < 4.78 is 61.0. The van der Waals surface area contributed by atoms with Crippen molar-refractivity contribution in [1.82, 2.24) is 19.7 Å². The largest absolute Gasteiger partial charge is 0.381 e. The van der Waals surface area contributed by atoms with E-state index in [4.69, 9.17) is 4.74 Å². The molecule has 3 rings (SSSR count). The van der Waals surface area contributed by atoms with Gasteiger partial charge in [-0.1, -0.05) is 23.4 Å². The summed E-state index contributed by atoms with van der Waals surface area (Å²) in [5.74, 6) is -3.18. The van der Waals surface area contributed by atoms with E-state index in [2.05, 4.69) is 10.3 Å². The number of ether oxygens (including phenoxy) is 1. The molecule has 1 aliphatic heterocycles. The first-order chi connectivity index (χ1) is 11.4. The van der Waals surface area contributed by atoms with Crippen LogP contribution in [0, 0.1) is 0 Å². The normalized spacial score (nSPS) is 21.3. The van der Waals surface area contributed by atoms with Gasteiger partial charge in [0.2, 0.25) is 5.03 Å². The topological polar surface area (TPSA) is 86.1 Å². The van der Waals surface area contributed by atoms with Gasteiger partial charge in [0.1, 0.15) is 0 Å². The summed E-state index contributed by atoms with van der Waals surface area (Å²) >= 11 is 0. The standard InChI is InChI=1S/C14H16F2N4O3S/c15-14(16)7-9-23-8-6-12(14)18-24(21,22)13-10-20(19-17-13)11-4-2-1-3-5-11/h1-5,10,12,18H,6-9H2. The predicted molar refractivity (Wildman–Crippen MR) is 80.5 cm³/mol. The van der Waals surface area contributed by atoms with Crippen molar-refractivity contribution in [2.75, 3.05) is 13.2 Å². The molecule has 1 saturated heterocycles. The molecule has 0 amide bonds. The van der Waals surface area contributed by atoms with Gasteiger partial charge in [-0.25, -0.2) is 26.6 Å². The van der Waals surface area contributed by atoms with E-state index in [-0.39, 0.29) is 19.6 Å². The van der Waals surface area contributed by atoms with Crippen molar-refractivity contribution in [3.8, 4) is 5.69 Å². The van der Waals surface area contributed by atoms with E-state index < -0.39 is 33.4 Å². The molecule has 1 fully saturated rings. The van der Waals surface area contributed by atoms with Gasteiger partial charge in [-0.2, -0.15) is 0 Å². The van der Waals surface area contributed by atoms with Crippen molar-refractivity contribution in [3.63, 3.8) is 0 Å². The Labute approximate surface area is 137 Å². The molecule has 24 heavy (non-hydrogen) atoms. The van der Waals surface area contributed by atoms with Gasteiger partial charge < -0.3 is 4.74 Å². The third-order valence-electron chi connectivity index (χ3n) is 3.71. The van der Waals surface area contributed by atoms with E-state index in [1.807, 2.05) is 4.72 Å². The average Bonchev–Trinajstić information content (AvgIpc) is 2.99. The van der Waals surface area contributed by atoms with Gasteiger partial charge in [-0.3, -0.25) is 0 Å². The summed E-state index contributed by atoms with van der Waals surface area (Å²) in [6.07, 6.45) is 0.541. The summed E-state index contributed by atoms with van der Waals surface area (Å²) in [6.45, 7) is -0.0328. The Bertz CT molecular complexity index is 795. The molecule has 0 spiro atoms. The van der Waals surface area contributed by atoms with Crippen LogP contribution in [0.4, 0.5) is 8.78 Å². The minimum absolute atomic E-state index is 0.0689. The molecule has 2 heterocycles. The number of para-hydroxylation sites is 1. The Balaban J connectivity index is 1.82. The summed E-state index contributed by atoms with van der Waals surface area (Å²) in [5.41, 5.74) is 0.611. The Hall–Kier alpha value is -1.91. The first kappa shape index (κ1) is 16.9. The molecule has 1 aliphatic rings. The van der Waals surface area contributed by atoms with E-state index in [0.29, 0.717) is 5.69 Å². The number of benzene rings is 1. The van der Waals surface area contributed by atoms with E-state index in [1.165, 1.54) is 10.9 Å². The molecule has 1 N–H and O–H groups in total. The van der Waals surface area contributed by atoms with Crippen LogP contribution in [0.3, 0.4) is 0 Å². The lowest BCUT2D eigenvalue weighted by atomic mass is 10.1. The minimum atomic E-state index is -4.21. The number of halogens is 2. The van der Waals surface area contributed by atoms with Crippen molar-refractivity contribution in [3.05, 3.63) is 36.5 Å². The molecule has 1 unspecified atom stereocenters. The van der Waals surface area contributed by atoms with Crippen molar-refractivity contribution in [2.24, 2.45) is 0 Å². The Morgan fingerprint density at radius 2 is 2.00 bits per heavy atom. The summed E-state index contributed by atoms with van der Waals surface area (Å²) in [7, 11) is -4.21. The molecule has 7 nitrogen and oxygen atoms in total. The van der Waals surface area contributed by atoms with Crippen LogP contribution in [0.1, 0.15) is 12.8 Å². The van der Waals surface area contributed by atoms with Crippen LogP contribution in [0.15, 0.2) is 41.6 Å². The zero-order valence-corrected chi connectivity index (χ0v) is 13.4. The molecule has 1 aromatic heterocycles. The van der Waals surface area contributed by atoms with Crippen LogP contribution in [-0.2, 0) is 14.8 Å². The van der Waals surface area contributed by atoms with Crippen LogP contribution in [0.2, 0.25) is 0 Å². The number of rotatable bonds is 4. The molecule has 0 saturated carbocycles. The second-order valence-corrected chi connectivity index (χ2v) is 7.08. The van der Waals surface area contributed by atoms with Gasteiger partial charge in [0.05, 0.1) is 24.5 Å².